The van der Waals surface area contributed by atoms with E-state index in [1.165, 1.54) is 26.1 Å². The predicted molar refractivity (Wildman–Crippen MR) is 176 cm³/mol. The Morgan fingerprint density at radius 1 is 1.18 bits per heavy atom. The molecule has 10 nitrogen and oxygen atoms in total. The molecule has 1 fully saturated rings. The summed E-state index contributed by atoms with van der Waals surface area (Å²) in [6.45, 7) is 8.15. The van der Waals surface area contributed by atoms with Gasteiger partial charge in [-0.15, -0.1) is 0 Å². The summed E-state index contributed by atoms with van der Waals surface area (Å²) in [6.07, 6.45) is 1.32. The number of rotatable bonds is 9. The smallest absolute Gasteiger partial charge is 0.229 e. The third kappa shape index (κ3) is 7.33. The Morgan fingerprint density at radius 3 is 2.45 bits per heavy atom. The van der Waals surface area contributed by atoms with Gasteiger partial charge < -0.3 is 30.9 Å². The molecular formula is C28H32B4ClN5O5S. The maximum absolute atomic E-state index is 13.1. The number of sulfone groups is 1. The lowest BCUT2D eigenvalue weighted by atomic mass is 9.52. The van der Waals surface area contributed by atoms with Crippen molar-refractivity contribution in [2.45, 2.75) is 80.0 Å². The van der Waals surface area contributed by atoms with Gasteiger partial charge in [0.15, 0.2) is 15.7 Å². The lowest BCUT2D eigenvalue weighted by Crippen LogP contribution is -2.64. The number of anilines is 4. The first-order valence-corrected chi connectivity index (χ1v) is 15.7. The van der Waals surface area contributed by atoms with Gasteiger partial charge in [-0.3, -0.25) is 0 Å². The van der Waals surface area contributed by atoms with Crippen LogP contribution in [0.5, 0.6) is 11.5 Å². The first kappa shape index (κ1) is 34.0. The number of para-hydroxylation sites is 1. The summed E-state index contributed by atoms with van der Waals surface area (Å²) < 4.78 is 30.8. The Hall–Kier alpha value is -2.86. The van der Waals surface area contributed by atoms with Crippen molar-refractivity contribution in [3.05, 3.63) is 52.7 Å². The molecule has 224 valence electrons. The number of phenolic OH excluding ortho intramolecular Hbond substituents is 1. The average molecular weight is 629 g/mol. The number of aromatic hydroxyl groups is 1. The van der Waals surface area contributed by atoms with Crippen LogP contribution in [-0.4, -0.2) is 81.7 Å². The molecule has 2 aromatic carbocycles. The number of phenols is 1. The molecule has 2 atom stereocenters. The molecule has 0 saturated carbocycles. The number of ether oxygens (including phenoxy) is 1. The van der Waals surface area contributed by atoms with Crippen LogP contribution in [0.1, 0.15) is 57.6 Å². The van der Waals surface area contributed by atoms with E-state index in [2.05, 4.69) is 25.9 Å². The van der Waals surface area contributed by atoms with E-state index in [1.54, 1.807) is 31.2 Å². The summed E-state index contributed by atoms with van der Waals surface area (Å²) in [5.74, 6) is -0.195. The first-order chi connectivity index (χ1) is 20.2. The topological polar surface area (TPSA) is 146 Å². The van der Waals surface area contributed by atoms with Crippen LogP contribution < -0.4 is 20.7 Å². The maximum Gasteiger partial charge on any atom is 0.229 e. The number of aliphatic hydroxyl groups is 1. The van der Waals surface area contributed by atoms with Crippen molar-refractivity contribution in [2.24, 2.45) is 0 Å². The SMILES string of the molecule is [B]C1([B])CC(c2cc(OC(C)C)c(Nc3ncc(Cl)c(Nc4ccccc4S(=O)(=O)C([B])(C)C)n3)c(O)c2C)CC([B])(O)N1. The highest BCUT2D eigenvalue weighted by Crippen LogP contribution is 2.46. The number of halogens is 1. The fourth-order valence-corrected chi connectivity index (χ4v) is 6.45. The summed E-state index contributed by atoms with van der Waals surface area (Å²) in [5, 5.41) is 29.2. The molecule has 1 aliphatic heterocycles. The molecule has 0 bridgehead atoms. The standard InChI is InChI=1S/C28H32B4ClN5O5S/c1-14(2)43-20-10-17(16-11-27(30,31)38-28(32,40)12-16)15(3)23(39)22(20)36-25-34-13-18(33)24(37-25)35-19-8-6-7-9-21(19)44(41,42)26(4,5)29/h6-10,13-14,16,38-40H,11-12H2,1-5H3,(H2,34,35,36,37). The molecule has 0 aliphatic carbocycles. The van der Waals surface area contributed by atoms with Crippen molar-refractivity contribution in [1.29, 1.82) is 0 Å². The third-order valence-electron chi connectivity index (χ3n) is 7.05. The molecule has 1 saturated heterocycles. The normalized spacial score (nSPS) is 20.3. The maximum atomic E-state index is 13.1. The van der Waals surface area contributed by atoms with E-state index in [-0.39, 0.29) is 63.5 Å². The van der Waals surface area contributed by atoms with Crippen LogP contribution in [0.25, 0.3) is 0 Å². The van der Waals surface area contributed by atoms with E-state index in [9.17, 15) is 18.6 Å². The molecule has 1 aliphatic rings. The van der Waals surface area contributed by atoms with Crippen LogP contribution in [0.4, 0.5) is 23.1 Å². The fraction of sp³-hybridized carbons (Fsp3) is 0.429. The second kappa shape index (κ2) is 12.2. The van der Waals surface area contributed by atoms with Gasteiger partial charge in [0.1, 0.15) is 30.1 Å². The molecule has 16 heteroatoms. The van der Waals surface area contributed by atoms with Crippen LogP contribution in [0.15, 0.2) is 41.4 Å². The summed E-state index contributed by atoms with van der Waals surface area (Å²) >= 11 is 6.40. The fourth-order valence-electron chi connectivity index (χ4n) is 5.08. The molecule has 0 amide bonds. The zero-order valence-corrected chi connectivity index (χ0v) is 26.7. The van der Waals surface area contributed by atoms with E-state index >= 15 is 0 Å². The monoisotopic (exact) mass is 629 g/mol. The molecule has 5 N–H and O–H groups in total. The lowest BCUT2D eigenvalue weighted by molar-refractivity contribution is 0.0393. The molecular weight excluding hydrogens is 597 g/mol. The lowest BCUT2D eigenvalue weighted by Gasteiger charge is -2.47. The zero-order valence-electron chi connectivity index (χ0n) is 25.1. The Labute approximate surface area is 268 Å². The molecule has 4 rings (SSSR count). The van der Waals surface area contributed by atoms with Gasteiger partial charge in [-0.1, -0.05) is 42.9 Å². The van der Waals surface area contributed by atoms with Crippen molar-refractivity contribution < 1.29 is 23.4 Å². The number of aromatic nitrogens is 2. The van der Waals surface area contributed by atoms with Crippen molar-refractivity contribution in [3.63, 3.8) is 0 Å². The molecule has 2 heterocycles. The van der Waals surface area contributed by atoms with E-state index in [4.69, 9.17) is 47.7 Å². The Morgan fingerprint density at radius 2 is 1.84 bits per heavy atom. The van der Waals surface area contributed by atoms with Crippen LogP contribution >= 0.6 is 11.6 Å². The van der Waals surface area contributed by atoms with Crippen molar-refractivity contribution in [2.75, 3.05) is 10.6 Å². The van der Waals surface area contributed by atoms with Crippen LogP contribution in [0.3, 0.4) is 0 Å². The van der Waals surface area contributed by atoms with Gasteiger partial charge >= 0.3 is 0 Å². The summed E-state index contributed by atoms with van der Waals surface area (Å²) in [4.78, 5) is 8.65. The molecule has 1 aromatic heterocycles. The average Bonchev–Trinajstić information content (AvgIpc) is 2.87. The number of nitrogens with one attached hydrogen (secondary N) is 3. The second-order valence-electron chi connectivity index (χ2n) is 11.9. The molecule has 8 radical (unpaired) electrons. The molecule has 2 unspecified atom stereocenters. The quantitative estimate of drug-likeness (QED) is 0.177. The van der Waals surface area contributed by atoms with E-state index in [0.29, 0.717) is 11.1 Å². The van der Waals surface area contributed by atoms with Gasteiger partial charge in [0.05, 0.1) is 52.0 Å². The Kier molecular flexibility index (Phi) is 9.39. The van der Waals surface area contributed by atoms with E-state index in [1.807, 2.05) is 13.8 Å². The first-order valence-electron chi connectivity index (χ1n) is 13.8. The zero-order chi connectivity index (χ0) is 32.8. The largest absolute Gasteiger partial charge is 0.505 e. The van der Waals surface area contributed by atoms with Gasteiger partial charge in [0.2, 0.25) is 5.95 Å². The van der Waals surface area contributed by atoms with Gasteiger partial charge in [0, 0.05) is 4.65 Å². The second-order valence-corrected chi connectivity index (χ2v) is 14.8. The van der Waals surface area contributed by atoms with Crippen molar-refractivity contribution in [1.82, 2.24) is 15.3 Å². The van der Waals surface area contributed by atoms with Crippen LogP contribution in [0, 0.1) is 6.92 Å². The molecule has 3 aromatic rings. The number of hydrogen-bond donors (Lipinski definition) is 5. The molecule has 0 spiro atoms. The predicted octanol–water partition coefficient (Wildman–Crippen LogP) is 3.37. The highest BCUT2D eigenvalue weighted by atomic mass is 35.5. The van der Waals surface area contributed by atoms with Crippen LogP contribution in [-0.2, 0) is 9.84 Å². The minimum atomic E-state index is -3.93. The summed E-state index contributed by atoms with van der Waals surface area (Å²) in [5.41, 5.74) is -0.345. The number of hydrogen-bond acceptors (Lipinski definition) is 10. The summed E-state index contributed by atoms with van der Waals surface area (Å²) in [6, 6.07) is 7.97. The van der Waals surface area contributed by atoms with Gasteiger partial charge in [-0.2, -0.15) is 4.98 Å². The number of piperidine rings is 1. The van der Waals surface area contributed by atoms with Gasteiger partial charge in [-0.25, -0.2) is 13.4 Å². The van der Waals surface area contributed by atoms with Crippen molar-refractivity contribution >= 4 is 76.0 Å². The highest BCUT2D eigenvalue weighted by Gasteiger charge is 2.40. The van der Waals surface area contributed by atoms with Crippen molar-refractivity contribution in [3.8, 4) is 11.5 Å². The third-order valence-corrected chi connectivity index (χ3v) is 9.65. The summed E-state index contributed by atoms with van der Waals surface area (Å²) in [7, 11) is 20.2. The minimum absolute atomic E-state index is 0.0218. The number of nitrogens with zero attached hydrogens (tertiary/aromatic N) is 2. The highest BCUT2D eigenvalue weighted by molar-refractivity contribution is 7.94. The Bertz CT molecular complexity index is 1650. The number of benzene rings is 2. The van der Waals surface area contributed by atoms with E-state index < -0.39 is 31.4 Å². The van der Waals surface area contributed by atoms with Gasteiger partial charge in [0.25, 0.3) is 0 Å². The van der Waals surface area contributed by atoms with Gasteiger partial charge in [-0.05, 0) is 68.9 Å². The van der Waals surface area contributed by atoms with E-state index in [0.717, 1.165) is 0 Å². The minimum Gasteiger partial charge on any atom is -0.505 e. The van der Waals surface area contributed by atoms with Crippen LogP contribution in [0.2, 0.25) is 5.02 Å². The Balaban J connectivity index is 1.73. The molecule has 44 heavy (non-hydrogen) atoms.